The lowest BCUT2D eigenvalue weighted by Crippen LogP contribution is -2.45. The van der Waals surface area contributed by atoms with Gasteiger partial charge in [-0.3, -0.25) is 0 Å². The van der Waals surface area contributed by atoms with E-state index in [2.05, 4.69) is 10.1 Å². The molecule has 0 radical (unpaired) electrons. The van der Waals surface area contributed by atoms with Gasteiger partial charge in [0.25, 0.3) is 0 Å². The Balaban J connectivity index is 4.57. The van der Waals surface area contributed by atoms with Crippen LogP contribution < -0.4 is 5.32 Å². The van der Waals surface area contributed by atoms with E-state index in [1.54, 1.807) is 20.8 Å². The van der Waals surface area contributed by atoms with Crippen LogP contribution in [0.15, 0.2) is 0 Å². The Kier molecular flexibility index (Phi) is 7.06. The number of hydrogen-bond acceptors (Lipinski definition) is 4. The lowest BCUT2D eigenvalue weighted by Gasteiger charge is -2.25. The van der Waals surface area contributed by atoms with Crippen molar-refractivity contribution in [1.82, 2.24) is 5.32 Å². The molecule has 0 aliphatic heterocycles. The molecule has 106 valence electrons. The molecule has 6 heteroatoms. The van der Waals surface area contributed by atoms with Gasteiger partial charge >= 0.3 is 12.1 Å². The maximum absolute atomic E-state index is 11.9. The molecular formula is C12H22ClNO4. The van der Waals surface area contributed by atoms with Gasteiger partial charge in [0.1, 0.15) is 11.6 Å². The summed E-state index contributed by atoms with van der Waals surface area (Å²) in [7, 11) is 0. The fourth-order valence-electron chi connectivity index (χ4n) is 1.29. The molecule has 0 saturated heterocycles. The predicted octanol–water partition coefficient (Wildman–Crippen LogP) is 2.67. The van der Waals surface area contributed by atoms with E-state index in [0.29, 0.717) is 6.42 Å². The average Bonchev–Trinajstić information content (AvgIpc) is 2.13. The smallest absolute Gasteiger partial charge is 0.409 e. The quantitative estimate of drug-likeness (QED) is 0.621. The van der Waals surface area contributed by atoms with Crippen LogP contribution in [0.4, 0.5) is 4.79 Å². The first kappa shape index (κ1) is 17.0. The number of nitrogens with one attached hydrogen (secondary N) is 1. The second-order valence-corrected chi connectivity index (χ2v) is 5.62. The first-order valence-corrected chi connectivity index (χ1v) is 6.41. The van der Waals surface area contributed by atoms with Crippen molar-refractivity contribution >= 4 is 23.7 Å². The van der Waals surface area contributed by atoms with E-state index in [4.69, 9.17) is 16.3 Å². The first-order chi connectivity index (χ1) is 8.15. The minimum absolute atomic E-state index is 0.235. The van der Waals surface area contributed by atoms with Gasteiger partial charge in [-0.25, -0.2) is 9.59 Å². The van der Waals surface area contributed by atoms with Crippen molar-refractivity contribution in [1.29, 1.82) is 0 Å². The molecule has 0 aromatic heterocycles. The van der Waals surface area contributed by atoms with Crippen molar-refractivity contribution in [2.45, 2.75) is 52.7 Å². The van der Waals surface area contributed by atoms with Crippen molar-refractivity contribution in [2.24, 2.45) is 5.92 Å². The molecule has 0 aromatic carbocycles. The molecule has 1 amide bonds. The van der Waals surface area contributed by atoms with E-state index in [1.807, 2.05) is 13.8 Å². The molecule has 0 saturated carbocycles. The van der Waals surface area contributed by atoms with E-state index in [1.165, 1.54) is 0 Å². The summed E-state index contributed by atoms with van der Waals surface area (Å²) in [5, 5.41) is 2.45. The number of alkyl carbamates (subject to hydrolysis) is 1. The summed E-state index contributed by atoms with van der Waals surface area (Å²) < 4.78 is 9.78. The number of halogens is 1. The summed E-state index contributed by atoms with van der Waals surface area (Å²) in [6, 6.07) is -0.978. The normalized spacial score (nSPS) is 13.1. The van der Waals surface area contributed by atoms with Crippen molar-refractivity contribution in [3.8, 4) is 0 Å². The highest BCUT2D eigenvalue weighted by Gasteiger charge is 2.27. The molecule has 5 nitrogen and oxygen atoms in total. The van der Waals surface area contributed by atoms with Crippen LogP contribution in [0.25, 0.3) is 0 Å². The van der Waals surface area contributed by atoms with Crippen LogP contribution in [0, 0.1) is 5.92 Å². The van der Waals surface area contributed by atoms with E-state index in [9.17, 15) is 9.59 Å². The number of rotatable bonds is 5. The Morgan fingerprint density at radius 2 is 1.83 bits per heavy atom. The SMILES string of the molecule is CC(C)C[C@H](NC(=O)OCCl)C(=O)OC(C)(C)C. The molecule has 0 aliphatic rings. The van der Waals surface area contributed by atoms with Gasteiger partial charge in [-0.15, -0.1) is 0 Å². The van der Waals surface area contributed by atoms with Crippen LogP contribution in [0.2, 0.25) is 0 Å². The molecule has 0 heterocycles. The second-order valence-electron chi connectivity index (χ2n) is 5.40. The van der Waals surface area contributed by atoms with E-state index in [-0.39, 0.29) is 12.0 Å². The highest BCUT2D eigenvalue weighted by Crippen LogP contribution is 2.13. The van der Waals surface area contributed by atoms with Gasteiger partial charge in [0, 0.05) is 0 Å². The van der Waals surface area contributed by atoms with Gasteiger partial charge in [-0.05, 0) is 33.1 Å². The van der Waals surface area contributed by atoms with Crippen LogP contribution in [0.3, 0.4) is 0 Å². The third-order valence-corrected chi connectivity index (χ3v) is 1.99. The van der Waals surface area contributed by atoms with Gasteiger partial charge in [0.05, 0.1) is 0 Å². The Hall–Kier alpha value is -0.970. The van der Waals surface area contributed by atoms with Crippen molar-refractivity contribution in [3.63, 3.8) is 0 Å². The van der Waals surface area contributed by atoms with Gasteiger partial charge in [-0.1, -0.05) is 25.4 Å². The number of carbonyl (C=O) groups excluding carboxylic acids is 2. The van der Waals surface area contributed by atoms with Crippen LogP contribution in [-0.2, 0) is 14.3 Å². The van der Waals surface area contributed by atoms with Crippen molar-refractivity contribution in [2.75, 3.05) is 6.07 Å². The number of amides is 1. The zero-order chi connectivity index (χ0) is 14.3. The Morgan fingerprint density at radius 3 is 2.22 bits per heavy atom. The minimum Gasteiger partial charge on any atom is -0.458 e. The van der Waals surface area contributed by atoms with Crippen molar-refractivity contribution in [3.05, 3.63) is 0 Å². The van der Waals surface area contributed by atoms with E-state index < -0.39 is 23.7 Å². The standard InChI is InChI=1S/C12H22ClNO4/c1-8(2)6-9(14-11(16)17-7-13)10(15)18-12(3,4)5/h8-9H,6-7H2,1-5H3,(H,14,16)/t9-/m0/s1. The lowest BCUT2D eigenvalue weighted by atomic mass is 10.0. The molecule has 0 bridgehead atoms. The van der Waals surface area contributed by atoms with Gasteiger partial charge in [-0.2, -0.15) is 0 Å². The van der Waals surface area contributed by atoms with Gasteiger partial charge in [0.15, 0.2) is 6.07 Å². The molecule has 0 rings (SSSR count). The maximum atomic E-state index is 11.9. The molecule has 0 fully saturated rings. The molecular weight excluding hydrogens is 258 g/mol. The Bertz CT molecular complexity index is 286. The summed E-state index contributed by atoms with van der Waals surface area (Å²) in [6.07, 6.45) is -0.242. The monoisotopic (exact) mass is 279 g/mol. The molecule has 0 aliphatic carbocycles. The molecule has 18 heavy (non-hydrogen) atoms. The molecule has 0 spiro atoms. The van der Waals surface area contributed by atoms with Crippen molar-refractivity contribution < 1.29 is 19.1 Å². The van der Waals surface area contributed by atoms with E-state index in [0.717, 1.165) is 0 Å². The highest BCUT2D eigenvalue weighted by molar-refractivity contribution is 6.17. The number of hydrogen-bond donors (Lipinski definition) is 1. The van der Waals surface area contributed by atoms with Crippen LogP contribution in [-0.4, -0.2) is 29.8 Å². The largest absolute Gasteiger partial charge is 0.458 e. The van der Waals surface area contributed by atoms with Crippen LogP contribution in [0.1, 0.15) is 41.0 Å². The third-order valence-electron chi connectivity index (χ3n) is 1.88. The number of ether oxygens (including phenoxy) is 2. The summed E-state index contributed by atoms with van der Waals surface area (Å²) in [5.41, 5.74) is -0.593. The zero-order valence-electron chi connectivity index (χ0n) is 11.6. The van der Waals surface area contributed by atoms with Crippen LogP contribution >= 0.6 is 11.6 Å². The third kappa shape index (κ3) is 8.17. The molecule has 1 N–H and O–H groups in total. The summed E-state index contributed by atoms with van der Waals surface area (Å²) >= 11 is 5.27. The number of alkyl halides is 1. The highest BCUT2D eigenvalue weighted by atomic mass is 35.5. The first-order valence-electron chi connectivity index (χ1n) is 5.88. The predicted molar refractivity (Wildman–Crippen MR) is 69.4 cm³/mol. The Labute approximate surface area is 113 Å². The average molecular weight is 280 g/mol. The molecule has 0 unspecified atom stereocenters. The lowest BCUT2D eigenvalue weighted by molar-refractivity contribution is -0.157. The summed E-state index contributed by atoms with van der Waals surface area (Å²) in [4.78, 5) is 23.2. The zero-order valence-corrected chi connectivity index (χ0v) is 12.3. The van der Waals surface area contributed by atoms with Crippen LogP contribution in [0.5, 0.6) is 0 Å². The summed E-state index contributed by atoms with van der Waals surface area (Å²) in [6.45, 7) is 9.22. The molecule has 1 atom stereocenters. The fraction of sp³-hybridized carbons (Fsp3) is 0.833. The molecule has 0 aromatic rings. The van der Waals surface area contributed by atoms with Gasteiger partial charge in [0.2, 0.25) is 0 Å². The Morgan fingerprint density at radius 1 is 1.28 bits per heavy atom. The van der Waals surface area contributed by atoms with E-state index >= 15 is 0 Å². The second kappa shape index (κ2) is 7.46. The maximum Gasteiger partial charge on any atom is 0.409 e. The number of carbonyl (C=O) groups is 2. The minimum atomic E-state index is -0.722. The van der Waals surface area contributed by atoms with Gasteiger partial charge < -0.3 is 14.8 Å². The fourth-order valence-corrected chi connectivity index (χ4v) is 1.39. The number of esters is 1. The topological polar surface area (TPSA) is 64.6 Å². The summed E-state index contributed by atoms with van der Waals surface area (Å²) in [5.74, 6) is -0.235.